The monoisotopic (exact) mass is 443 g/mol. The first kappa shape index (κ1) is 22.1. The topological polar surface area (TPSA) is 80.8 Å². The van der Waals surface area contributed by atoms with Gasteiger partial charge >= 0.3 is 0 Å². The number of anilines is 1. The molecule has 0 fully saturated rings. The Hall–Kier alpha value is -4.13. The number of amides is 2. The van der Waals surface area contributed by atoms with Gasteiger partial charge in [0.15, 0.2) is 0 Å². The smallest absolute Gasteiger partial charge is 0.278 e. The van der Waals surface area contributed by atoms with Crippen LogP contribution in [0.1, 0.15) is 24.6 Å². The van der Waals surface area contributed by atoms with Gasteiger partial charge in [0.1, 0.15) is 17.2 Å². The molecule has 2 heterocycles. The van der Waals surface area contributed by atoms with E-state index in [0.717, 1.165) is 6.42 Å². The number of nitrogens with one attached hydrogen (secondary N) is 1. The second-order valence-electron chi connectivity index (χ2n) is 7.50. The fourth-order valence-electron chi connectivity index (χ4n) is 3.54. The highest BCUT2D eigenvalue weighted by atomic mass is 16.5. The lowest BCUT2D eigenvalue weighted by atomic mass is 10.0. The summed E-state index contributed by atoms with van der Waals surface area (Å²) < 4.78 is 10.9. The van der Waals surface area contributed by atoms with E-state index in [1.54, 1.807) is 55.8 Å². The molecule has 0 atom stereocenters. The Kier molecular flexibility index (Phi) is 6.69. The molecule has 2 amide bonds. The van der Waals surface area contributed by atoms with Gasteiger partial charge in [0, 0.05) is 18.0 Å². The molecule has 1 aromatic heterocycles. The molecule has 7 nitrogen and oxygen atoms in total. The molecule has 0 bridgehead atoms. The number of methoxy groups -OCH3 is 1. The maximum atomic E-state index is 13.4. The van der Waals surface area contributed by atoms with Crippen LogP contribution in [0.4, 0.5) is 5.69 Å². The molecule has 0 saturated carbocycles. The van der Waals surface area contributed by atoms with Crippen LogP contribution < -0.4 is 14.8 Å². The first-order valence-corrected chi connectivity index (χ1v) is 10.8. The molecule has 168 valence electrons. The van der Waals surface area contributed by atoms with Crippen LogP contribution in [0.3, 0.4) is 0 Å². The first-order valence-electron chi connectivity index (χ1n) is 10.8. The minimum absolute atomic E-state index is 0.0863. The zero-order valence-corrected chi connectivity index (χ0v) is 18.6. The van der Waals surface area contributed by atoms with Crippen LogP contribution in [0.25, 0.3) is 5.57 Å². The highest BCUT2D eigenvalue weighted by molar-refractivity contribution is 6.36. The number of rotatable bonds is 9. The van der Waals surface area contributed by atoms with Gasteiger partial charge in [-0.05, 0) is 48.4 Å². The minimum Gasteiger partial charge on any atom is -0.497 e. The summed E-state index contributed by atoms with van der Waals surface area (Å²) in [6, 6.07) is 19.8. The standard InChI is InChI=1S/C26H25N3O4/c1-3-15-33-21-12-10-18(11-13-21)23-24(28-19-8-6-9-22(16-19)32-2)26(31)29(25(23)30)17-20-7-4-5-14-27-20/h4-14,16,28H,3,15,17H2,1-2H3. The molecular weight excluding hydrogens is 418 g/mol. The van der Waals surface area contributed by atoms with Gasteiger partial charge in [-0.1, -0.05) is 31.2 Å². The predicted molar refractivity (Wildman–Crippen MR) is 126 cm³/mol. The Morgan fingerprint density at radius 2 is 1.76 bits per heavy atom. The summed E-state index contributed by atoms with van der Waals surface area (Å²) in [7, 11) is 1.57. The third-order valence-electron chi connectivity index (χ3n) is 5.17. The maximum Gasteiger partial charge on any atom is 0.278 e. The molecule has 1 aliphatic heterocycles. The molecule has 0 radical (unpaired) electrons. The van der Waals surface area contributed by atoms with Crippen LogP contribution in [0, 0.1) is 0 Å². The molecule has 0 saturated heterocycles. The van der Waals surface area contributed by atoms with Gasteiger partial charge in [0.05, 0.1) is 31.5 Å². The fourth-order valence-corrected chi connectivity index (χ4v) is 3.54. The number of benzene rings is 2. The van der Waals surface area contributed by atoms with Crippen molar-refractivity contribution >= 4 is 23.1 Å². The van der Waals surface area contributed by atoms with E-state index in [4.69, 9.17) is 9.47 Å². The number of carbonyl (C=O) groups is 2. The molecule has 2 aromatic carbocycles. The Labute approximate surface area is 192 Å². The van der Waals surface area contributed by atoms with Crippen molar-refractivity contribution in [3.8, 4) is 11.5 Å². The molecule has 0 unspecified atom stereocenters. The van der Waals surface area contributed by atoms with E-state index in [-0.39, 0.29) is 18.1 Å². The highest BCUT2D eigenvalue weighted by Gasteiger charge is 2.39. The molecule has 1 aliphatic rings. The third-order valence-corrected chi connectivity index (χ3v) is 5.17. The average Bonchev–Trinajstić information content (AvgIpc) is 3.08. The zero-order chi connectivity index (χ0) is 23.2. The quantitative estimate of drug-likeness (QED) is 0.498. The number of hydrogen-bond acceptors (Lipinski definition) is 6. The van der Waals surface area contributed by atoms with Crippen LogP contribution in [-0.2, 0) is 16.1 Å². The number of pyridine rings is 1. The van der Waals surface area contributed by atoms with Crippen molar-refractivity contribution in [3.05, 3.63) is 89.9 Å². The summed E-state index contributed by atoms with van der Waals surface area (Å²) in [5.41, 5.74) is 2.42. The lowest BCUT2D eigenvalue weighted by molar-refractivity contribution is -0.137. The summed E-state index contributed by atoms with van der Waals surface area (Å²) in [5.74, 6) is 0.570. The van der Waals surface area contributed by atoms with Gasteiger partial charge < -0.3 is 14.8 Å². The van der Waals surface area contributed by atoms with E-state index in [1.165, 1.54) is 4.90 Å². The molecule has 33 heavy (non-hydrogen) atoms. The van der Waals surface area contributed by atoms with Crippen LogP contribution in [-0.4, -0.2) is 35.4 Å². The van der Waals surface area contributed by atoms with Gasteiger partial charge in [-0.15, -0.1) is 0 Å². The van der Waals surface area contributed by atoms with E-state index >= 15 is 0 Å². The van der Waals surface area contributed by atoms with Crippen molar-refractivity contribution in [1.29, 1.82) is 0 Å². The van der Waals surface area contributed by atoms with Crippen LogP contribution in [0.2, 0.25) is 0 Å². The number of nitrogens with zero attached hydrogens (tertiary/aromatic N) is 2. The second kappa shape index (κ2) is 9.99. The summed E-state index contributed by atoms with van der Waals surface area (Å²) in [6.07, 6.45) is 2.54. The Morgan fingerprint density at radius 1 is 0.939 bits per heavy atom. The largest absolute Gasteiger partial charge is 0.497 e. The minimum atomic E-state index is -0.408. The van der Waals surface area contributed by atoms with Gasteiger partial charge in [-0.25, -0.2) is 0 Å². The van der Waals surface area contributed by atoms with Crippen LogP contribution in [0.15, 0.2) is 78.6 Å². The first-order chi connectivity index (χ1) is 16.1. The SMILES string of the molecule is CCCOc1ccc(C2=C(Nc3cccc(OC)c3)C(=O)N(Cc3ccccn3)C2=O)cc1. The Morgan fingerprint density at radius 3 is 2.45 bits per heavy atom. The molecule has 4 rings (SSSR count). The number of hydrogen-bond donors (Lipinski definition) is 1. The fraction of sp³-hybridized carbons (Fsp3) is 0.192. The van der Waals surface area contributed by atoms with Gasteiger partial charge in [-0.3, -0.25) is 19.5 Å². The second-order valence-corrected chi connectivity index (χ2v) is 7.50. The third kappa shape index (κ3) is 4.87. The number of ether oxygens (including phenoxy) is 2. The molecule has 1 N–H and O–H groups in total. The van der Waals surface area contributed by atoms with E-state index in [2.05, 4.69) is 10.3 Å². The normalized spacial score (nSPS) is 13.5. The average molecular weight is 444 g/mol. The van der Waals surface area contributed by atoms with Gasteiger partial charge in [0.2, 0.25) is 0 Å². The lowest BCUT2D eigenvalue weighted by Gasteiger charge is -2.15. The van der Waals surface area contributed by atoms with Crippen molar-refractivity contribution in [2.75, 3.05) is 19.0 Å². The van der Waals surface area contributed by atoms with E-state index in [9.17, 15) is 9.59 Å². The van der Waals surface area contributed by atoms with E-state index < -0.39 is 5.91 Å². The predicted octanol–water partition coefficient (Wildman–Crippen LogP) is 4.27. The van der Waals surface area contributed by atoms with Crippen molar-refractivity contribution in [2.24, 2.45) is 0 Å². The van der Waals surface area contributed by atoms with Crippen LogP contribution >= 0.6 is 0 Å². The van der Waals surface area contributed by atoms with Gasteiger partial charge in [0.25, 0.3) is 11.8 Å². The van der Waals surface area contributed by atoms with Gasteiger partial charge in [-0.2, -0.15) is 0 Å². The maximum absolute atomic E-state index is 13.4. The van der Waals surface area contributed by atoms with E-state index in [0.29, 0.717) is 40.6 Å². The number of aromatic nitrogens is 1. The Bertz CT molecular complexity index is 1170. The molecular formula is C26H25N3O4. The summed E-state index contributed by atoms with van der Waals surface area (Å²) in [5, 5.41) is 3.14. The summed E-state index contributed by atoms with van der Waals surface area (Å²) in [6.45, 7) is 2.73. The highest BCUT2D eigenvalue weighted by Crippen LogP contribution is 2.32. The Balaban J connectivity index is 1.70. The summed E-state index contributed by atoms with van der Waals surface area (Å²) >= 11 is 0. The van der Waals surface area contributed by atoms with Crippen molar-refractivity contribution in [3.63, 3.8) is 0 Å². The van der Waals surface area contributed by atoms with Crippen molar-refractivity contribution in [2.45, 2.75) is 19.9 Å². The van der Waals surface area contributed by atoms with Crippen LogP contribution in [0.5, 0.6) is 11.5 Å². The number of carbonyl (C=O) groups excluding carboxylic acids is 2. The molecule has 3 aromatic rings. The van der Waals surface area contributed by atoms with Crippen molar-refractivity contribution in [1.82, 2.24) is 9.88 Å². The van der Waals surface area contributed by atoms with E-state index in [1.807, 2.05) is 31.2 Å². The number of imide groups is 1. The molecule has 7 heteroatoms. The molecule has 0 spiro atoms. The lowest BCUT2D eigenvalue weighted by Crippen LogP contribution is -2.32. The summed E-state index contributed by atoms with van der Waals surface area (Å²) in [4.78, 5) is 32.3. The molecule has 0 aliphatic carbocycles. The van der Waals surface area contributed by atoms with Crippen molar-refractivity contribution < 1.29 is 19.1 Å². The zero-order valence-electron chi connectivity index (χ0n) is 18.6.